The minimum absolute atomic E-state index is 0.590. The zero-order valence-electron chi connectivity index (χ0n) is 10.1. The molecule has 0 radical (unpaired) electrons. The molecule has 2 heterocycles. The molecule has 0 unspecified atom stereocenters. The van der Waals surface area contributed by atoms with E-state index in [9.17, 15) is 0 Å². The average molecular weight is 282 g/mol. The molecule has 2 aromatic rings. The Hall–Kier alpha value is -1.38. The van der Waals surface area contributed by atoms with E-state index < -0.39 is 0 Å². The smallest absolute Gasteiger partial charge is 0.191 e. The highest BCUT2D eigenvalue weighted by molar-refractivity contribution is 7.98. The minimum Gasteiger partial charge on any atom is -0.363 e. The lowest BCUT2D eigenvalue weighted by Crippen LogP contribution is -2.11. The summed E-state index contributed by atoms with van der Waals surface area (Å²) in [5, 5.41) is 4.91. The molecule has 4 N–H and O–H groups in total. The number of aryl methyl sites for hydroxylation is 1. The lowest BCUT2D eigenvalue weighted by molar-refractivity contribution is 0.950. The highest BCUT2D eigenvalue weighted by Crippen LogP contribution is 2.18. The van der Waals surface area contributed by atoms with Crippen molar-refractivity contribution in [3.8, 4) is 0 Å². The van der Waals surface area contributed by atoms with E-state index in [0.717, 1.165) is 10.8 Å². The van der Waals surface area contributed by atoms with E-state index in [2.05, 4.69) is 25.7 Å². The van der Waals surface area contributed by atoms with Gasteiger partial charge in [0.05, 0.1) is 6.54 Å². The van der Waals surface area contributed by atoms with Gasteiger partial charge >= 0.3 is 0 Å². The summed E-state index contributed by atoms with van der Waals surface area (Å²) < 4.78 is 0. The van der Waals surface area contributed by atoms with Crippen LogP contribution in [0, 0.1) is 6.92 Å². The van der Waals surface area contributed by atoms with Crippen LogP contribution in [-0.2, 0) is 6.54 Å². The first kappa shape index (κ1) is 13.1. The fourth-order valence-electron chi connectivity index (χ4n) is 1.33. The van der Waals surface area contributed by atoms with E-state index in [-0.39, 0.29) is 0 Å². The van der Waals surface area contributed by atoms with Gasteiger partial charge in [-0.25, -0.2) is 20.8 Å². The van der Waals surface area contributed by atoms with Gasteiger partial charge in [-0.15, -0.1) is 11.3 Å². The van der Waals surface area contributed by atoms with Gasteiger partial charge in [0.25, 0.3) is 0 Å². The highest BCUT2D eigenvalue weighted by atomic mass is 32.2. The number of thiazole rings is 1. The van der Waals surface area contributed by atoms with Crippen molar-refractivity contribution in [2.75, 3.05) is 17.0 Å². The minimum atomic E-state index is 0.590. The predicted molar refractivity (Wildman–Crippen MR) is 75.8 cm³/mol. The second-order valence-electron chi connectivity index (χ2n) is 3.49. The maximum atomic E-state index is 5.37. The Morgan fingerprint density at radius 2 is 2.17 bits per heavy atom. The third-order valence-electron chi connectivity index (χ3n) is 2.13. The molecule has 0 atom stereocenters. The van der Waals surface area contributed by atoms with Gasteiger partial charge in [0, 0.05) is 17.1 Å². The SMILES string of the molecule is CSc1nc(NN)cc(NCc2ncc(C)s2)n1. The fourth-order valence-corrected chi connectivity index (χ4v) is 2.44. The van der Waals surface area contributed by atoms with E-state index in [0.29, 0.717) is 17.5 Å². The number of hydrogen-bond acceptors (Lipinski definition) is 8. The van der Waals surface area contributed by atoms with Crippen LogP contribution in [0.2, 0.25) is 0 Å². The second kappa shape index (κ2) is 5.98. The fraction of sp³-hybridized carbons (Fsp3) is 0.300. The number of hydrazine groups is 1. The molecule has 6 nitrogen and oxygen atoms in total. The van der Waals surface area contributed by atoms with Crippen molar-refractivity contribution in [3.63, 3.8) is 0 Å². The first-order valence-corrected chi connectivity index (χ1v) is 7.30. The summed E-state index contributed by atoms with van der Waals surface area (Å²) >= 11 is 3.13. The second-order valence-corrected chi connectivity index (χ2v) is 5.58. The summed E-state index contributed by atoms with van der Waals surface area (Å²) in [6, 6.07) is 1.76. The summed E-state index contributed by atoms with van der Waals surface area (Å²) in [7, 11) is 0. The van der Waals surface area contributed by atoms with Gasteiger partial charge in [-0.1, -0.05) is 11.8 Å². The Morgan fingerprint density at radius 3 is 2.78 bits per heavy atom. The molecule has 2 rings (SSSR count). The molecule has 0 aliphatic carbocycles. The number of aromatic nitrogens is 3. The van der Waals surface area contributed by atoms with Crippen molar-refractivity contribution in [3.05, 3.63) is 22.1 Å². The Balaban J connectivity index is 2.08. The van der Waals surface area contributed by atoms with Crippen LogP contribution < -0.4 is 16.6 Å². The van der Waals surface area contributed by atoms with Gasteiger partial charge in [-0.05, 0) is 13.2 Å². The van der Waals surface area contributed by atoms with Gasteiger partial charge in [0.2, 0.25) is 0 Å². The van der Waals surface area contributed by atoms with Crippen LogP contribution in [0.4, 0.5) is 11.6 Å². The first-order valence-electron chi connectivity index (χ1n) is 5.26. The third kappa shape index (κ3) is 3.31. The molecular weight excluding hydrogens is 268 g/mol. The van der Waals surface area contributed by atoms with Crippen molar-refractivity contribution in [2.24, 2.45) is 5.84 Å². The van der Waals surface area contributed by atoms with Crippen LogP contribution in [0.3, 0.4) is 0 Å². The lowest BCUT2D eigenvalue weighted by atomic mass is 10.5. The van der Waals surface area contributed by atoms with Gasteiger partial charge in [-0.3, -0.25) is 0 Å². The molecule has 0 aromatic carbocycles. The van der Waals surface area contributed by atoms with Gasteiger partial charge < -0.3 is 10.7 Å². The van der Waals surface area contributed by atoms with Crippen LogP contribution >= 0.6 is 23.1 Å². The van der Waals surface area contributed by atoms with Crippen molar-refractivity contribution in [2.45, 2.75) is 18.6 Å². The van der Waals surface area contributed by atoms with Crippen LogP contribution in [0.25, 0.3) is 0 Å². The lowest BCUT2D eigenvalue weighted by Gasteiger charge is -2.07. The molecule has 0 fully saturated rings. The average Bonchev–Trinajstić information content (AvgIpc) is 2.81. The topological polar surface area (TPSA) is 88.8 Å². The quantitative estimate of drug-likeness (QED) is 0.334. The number of thioether (sulfide) groups is 1. The molecule has 0 aliphatic rings. The molecule has 0 spiro atoms. The Morgan fingerprint density at radius 1 is 1.39 bits per heavy atom. The molecule has 2 aromatic heterocycles. The zero-order valence-corrected chi connectivity index (χ0v) is 11.7. The molecule has 96 valence electrons. The number of nitrogens with two attached hydrogens (primary N) is 1. The Kier molecular flexibility index (Phi) is 4.34. The maximum absolute atomic E-state index is 5.37. The number of rotatable bonds is 5. The van der Waals surface area contributed by atoms with Crippen LogP contribution in [0.5, 0.6) is 0 Å². The summed E-state index contributed by atoms with van der Waals surface area (Å²) in [4.78, 5) is 14.0. The third-order valence-corrected chi connectivity index (χ3v) is 3.59. The number of nitrogens with one attached hydrogen (secondary N) is 2. The van der Waals surface area contributed by atoms with Gasteiger partial charge in [0.1, 0.15) is 16.6 Å². The summed E-state index contributed by atoms with van der Waals surface area (Å²) in [5.41, 5.74) is 2.53. The monoisotopic (exact) mass is 282 g/mol. The number of nitrogen functional groups attached to an aromatic ring is 1. The molecule has 0 aliphatic heterocycles. The number of hydrogen-bond donors (Lipinski definition) is 3. The van der Waals surface area contributed by atoms with Crippen molar-refractivity contribution in [1.29, 1.82) is 0 Å². The summed E-state index contributed by atoms with van der Waals surface area (Å²) in [6.07, 6.45) is 3.78. The predicted octanol–water partition coefficient (Wildman–Crippen LogP) is 1.86. The van der Waals surface area contributed by atoms with Crippen LogP contribution in [-0.4, -0.2) is 21.2 Å². The van der Waals surface area contributed by atoms with Crippen molar-refractivity contribution >= 4 is 34.7 Å². The normalized spacial score (nSPS) is 10.4. The van der Waals surface area contributed by atoms with Crippen molar-refractivity contribution < 1.29 is 0 Å². The van der Waals surface area contributed by atoms with Gasteiger partial charge in [-0.2, -0.15) is 0 Å². The number of anilines is 2. The standard InChI is InChI=1S/C10H14N6S2/c1-6-4-13-9(18-6)5-12-7-3-8(16-11)15-10(14-7)17-2/h3-4H,5,11H2,1-2H3,(H2,12,14,15,16). The Labute approximate surface area is 113 Å². The van der Waals surface area contributed by atoms with E-state index in [1.807, 2.05) is 19.4 Å². The number of nitrogens with zero attached hydrogens (tertiary/aromatic N) is 3. The van der Waals surface area contributed by atoms with Crippen LogP contribution in [0.15, 0.2) is 17.4 Å². The molecule has 0 amide bonds. The molecule has 0 saturated heterocycles. The van der Waals surface area contributed by atoms with E-state index in [4.69, 9.17) is 5.84 Å². The Bertz CT molecular complexity index is 505. The highest BCUT2D eigenvalue weighted by Gasteiger charge is 2.04. The molecule has 0 saturated carbocycles. The van der Waals surface area contributed by atoms with E-state index in [1.54, 1.807) is 17.4 Å². The zero-order chi connectivity index (χ0) is 13.0. The molecular formula is C10H14N6S2. The van der Waals surface area contributed by atoms with Crippen molar-refractivity contribution in [1.82, 2.24) is 15.0 Å². The maximum Gasteiger partial charge on any atom is 0.191 e. The largest absolute Gasteiger partial charge is 0.363 e. The van der Waals surface area contributed by atoms with Gasteiger partial charge in [0.15, 0.2) is 5.16 Å². The molecule has 0 bridgehead atoms. The van der Waals surface area contributed by atoms with Crippen LogP contribution in [0.1, 0.15) is 9.88 Å². The molecule has 18 heavy (non-hydrogen) atoms. The first-order chi connectivity index (χ1) is 8.71. The summed E-state index contributed by atoms with van der Waals surface area (Å²) in [5.74, 6) is 6.69. The van der Waals surface area contributed by atoms with E-state index >= 15 is 0 Å². The van der Waals surface area contributed by atoms with E-state index in [1.165, 1.54) is 16.6 Å². The molecule has 8 heteroatoms. The summed E-state index contributed by atoms with van der Waals surface area (Å²) in [6.45, 7) is 2.68.